The zero-order valence-corrected chi connectivity index (χ0v) is 11.4. The number of hydrogen-bond acceptors (Lipinski definition) is 1. The van der Waals surface area contributed by atoms with Crippen LogP contribution in [0, 0.1) is 5.41 Å². The van der Waals surface area contributed by atoms with E-state index in [1.807, 2.05) is 0 Å². The van der Waals surface area contributed by atoms with Gasteiger partial charge in [0.25, 0.3) is 0 Å². The Bertz CT molecular complexity index is 391. The highest BCUT2D eigenvalue weighted by Crippen LogP contribution is 2.18. The summed E-state index contributed by atoms with van der Waals surface area (Å²) < 4.78 is 0. The molecule has 17 heavy (non-hydrogen) atoms. The molecule has 1 heteroatoms. The summed E-state index contributed by atoms with van der Waals surface area (Å²) in [7, 11) is 0. The fraction of sp³-hybridized carbons (Fsp3) is 0.375. The van der Waals surface area contributed by atoms with E-state index in [4.69, 9.17) is 0 Å². The highest BCUT2D eigenvalue weighted by atomic mass is 14.9. The topological polar surface area (TPSA) is 12.0 Å². The van der Waals surface area contributed by atoms with Gasteiger partial charge < -0.3 is 5.32 Å². The van der Waals surface area contributed by atoms with Gasteiger partial charge in [0, 0.05) is 12.2 Å². The Morgan fingerprint density at radius 2 is 1.82 bits per heavy atom. The monoisotopic (exact) mass is 229 g/mol. The SMILES string of the molecule is C=C(NCC)c1ccc(/C=C/C(C)(C)C)cc1. The van der Waals surface area contributed by atoms with Crippen molar-refractivity contribution in [3.8, 4) is 0 Å². The van der Waals surface area contributed by atoms with E-state index in [9.17, 15) is 0 Å². The third-order valence-electron chi connectivity index (χ3n) is 2.43. The van der Waals surface area contributed by atoms with Crippen LogP contribution in [0.3, 0.4) is 0 Å². The summed E-state index contributed by atoms with van der Waals surface area (Å²) in [5.41, 5.74) is 3.60. The fourth-order valence-corrected chi connectivity index (χ4v) is 1.46. The minimum Gasteiger partial charge on any atom is -0.385 e. The Hall–Kier alpha value is -1.50. The number of allylic oxidation sites excluding steroid dienone is 1. The van der Waals surface area contributed by atoms with E-state index in [0.717, 1.165) is 17.8 Å². The van der Waals surface area contributed by atoms with Crippen molar-refractivity contribution in [1.29, 1.82) is 0 Å². The highest BCUT2D eigenvalue weighted by molar-refractivity contribution is 5.63. The van der Waals surface area contributed by atoms with E-state index in [0.29, 0.717) is 0 Å². The van der Waals surface area contributed by atoms with Crippen molar-refractivity contribution in [2.45, 2.75) is 27.7 Å². The van der Waals surface area contributed by atoms with Gasteiger partial charge in [-0.15, -0.1) is 0 Å². The molecule has 0 spiro atoms. The summed E-state index contributed by atoms with van der Waals surface area (Å²) >= 11 is 0. The average Bonchev–Trinajstić information content (AvgIpc) is 2.26. The summed E-state index contributed by atoms with van der Waals surface area (Å²) in [6.45, 7) is 13.6. The number of hydrogen-bond donors (Lipinski definition) is 1. The normalized spacial score (nSPS) is 11.8. The first kappa shape index (κ1) is 13.6. The molecular formula is C16H23N. The molecule has 0 unspecified atom stereocenters. The van der Waals surface area contributed by atoms with Crippen molar-refractivity contribution in [3.63, 3.8) is 0 Å². The Labute approximate surface area is 105 Å². The molecule has 1 N–H and O–H groups in total. The van der Waals surface area contributed by atoms with E-state index in [2.05, 4.69) is 76.0 Å². The number of rotatable bonds is 4. The second-order valence-corrected chi connectivity index (χ2v) is 5.33. The minimum atomic E-state index is 0.228. The van der Waals surface area contributed by atoms with E-state index in [-0.39, 0.29) is 5.41 Å². The Morgan fingerprint density at radius 1 is 1.24 bits per heavy atom. The smallest absolute Gasteiger partial charge is 0.0340 e. The van der Waals surface area contributed by atoms with Crippen molar-refractivity contribution in [2.75, 3.05) is 6.54 Å². The molecule has 0 aliphatic carbocycles. The lowest BCUT2D eigenvalue weighted by Gasteiger charge is -2.11. The Kier molecular flexibility index (Phi) is 4.56. The van der Waals surface area contributed by atoms with Crippen LogP contribution in [0.25, 0.3) is 11.8 Å². The zero-order valence-electron chi connectivity index (χ0n) is 11.4. The molecule has 0 saturated heterocycles. The van der Waals surface area contributed by atoms with Gasteiger partial charge in [0.15, 0.2) is 0 Å². The van der Waals surface area contributed by atoms with Gasteiger partial charge in [-0.1, -0.05) is 63.8 Å². The van der Waals surface area contributed by atoms with Gasteiger partial charge in [-0.25, -0.2) is 0 Å². The maximum Gasteiger partial charge on any atom is 0.0340 e. The van der Waals surface area contributed by atoms with Crippen LogP contribution in [0.15, 0.2) is 36.9 Å². The number of benzene rings is 1. The maximum absolute atomic E-state index is 4.00. The molecule has 0 heterocycles. The van der Waals surface area contributed by atoms with Gasteiger partial charge in [-0.2, -0.15) is 0 Å². The second kappa shape index (κ2) is 5.72. The lowest BCUT2D eigenvalue weighted by Crippen LogP contribution is -2.09. The predicted molar refractivity (Wildman–Crippen MR) is 77.6 cm³/mol. The van der Waals surface area contributed by atoms with E-state index < -0.39 is 0 Å². The molecule has 1 nitrogen and oxygen atoms in total. The molecule has 0 amide bonds. The van der Waals surface area contributed by atoms with Gasteiger partial charge in [0.1, 0.15) is 0 Å². The van der Waals surface area contributed by atoms with Crippen LogP contribution in [-0.2, 0) is 0 Å². The largest absolute Gasteiger partial charge is 0.385 e. The molecule has 0 aromatic heterocycles. The van der Waals surface area contributed by atoms with Crippen molar-refractivity contribution in [1.82, 2.24) is 5.32 Å². The molecule has 0 atom stereocenters. The molecule has 1 rings (SSSR count). The van der Waals surface area contributed by atoms with Crippen molar-refractivity contribution >= 4 is 11.8 Å². The van der Waals surface area contributed by atoms with Gasteiger partial charge in [0.2, 0.25) is 0 Å². The first-order valence-electron chi connectivity index (χ1n) is 6.15. The van der Waals surface area contributed by atoms with Crippen LogP contribution >= 0.6 is 0 Å². The van der Waals surface area contributed by atoms with E-state index in [1.165, 1.54) is 5.56 Å². The van der Waals surface area contributed by atoms with Crippen LogP contribution in [0.4, 0.5) is 0 Å². The molecule has 0 bridgehead atoms. The second-order valence-electron chi connectivity index (χ2n) is 5.33. The standard InChI is InChI=1S/C16H23N/c1-6-17-13(2)15-9-7-14(8-10-15)11-12-16(3,4)5/h7-12,17H,2,6H2,1,3-5H3/b12-11+. The predicted octanol–water partition coefficient (Wildman–Crippen LogP) is 4.33. The zero-order chi connectivity index (χ0) is 12.9. The molecule has 0 aliphatic heterocycles. The van der Waals surface area contributed by atoms with Crippen LogP contribution < -0.4 is 5.32 Å². The summed E-state index contributed by atoms with van der Waals surface area (Å²) in [5.74, 6) is 0. The van der Waals surface area contributed by atoms with Gasteiger partial charge >= 0.3 is 0 Å². The summed E-state index contributed by atoms with van der Waals surface area (Å²) in [5, 5.41) is 3.23. The Balaban J connectivity index is 2.75. The molecule has 0 saturated carbocycles. The molecule has 0 radical (unpaired) electrons. The molecule has 92 valence electrons. The molecule has 1 aromatic rings. The lowest BCUT2D eigenvalue weighted by molar-refractivity contribution is 0.547. The summed E-state index contributed by atoms with van der Waals surface area (Å²) in [6, 6.07) is 8.46. The molecule has 0 aliphatic rings. The average molecular weight is 229 g/mol. The van der Waals surface area contributed by atoms with Crippen LogP contribution in [-0.4, -0.2) is 6.54 Å². The third kappa shape index (κ3) is 4.90. The van der Waals surface area contributed by atoms with E-state index in [1.54, 1.807) is 0 Å². The van der Waals surface area contributed by atoms with Crippen LogP contribution in [0.5, 0.6) is 0 Å². The van der Waals surface area contributed by atoms with Crippen molar-refractivity contribution in [2.24, 2.45) is 5.41 Å². The van der Waals surface area contributed by atoms with Gasteiger partial charge in [-0.05, 0) is 23.5 Å². The highest BCUT2D eigenvalue weighted by Gasteiger charge is 2.03. The quantitative estimate of drug-likeness (QED) is 0.810. The molecular weight excluding hydrogens is 206 g/mol. The Morgan fingerprint density at radius 3 is 2.29 bits per heavy atom. The third-order valence-corrected chi connectivity index (χ3v) is 2.43. The number of nitrogens with one attached hydrogen (secondary N) is 1. The van der Waals surface area contributed by atoms with Crippen molar-refractivity contribution < 1.29 is 0 Å². The van der Waals surface area contributed by atoms with E-state index >= 15 is 0 Å². The molecule has 1 aromatic carbocycles. The van der Waals surface area contributed by atoms with Crippen molar-refractivity contribution in [3.05, 3.63) is 48.0 Å². The lowest BCUT2D eigenvalue weighted by atomic mass is 9.95. The molecule has 0 fully saturated rings. The fourth-order valence-electron chi connectivity index (χ4n) is 1.46. The van der Waals surface area contributed by atoms with Crippen LogP contribution in [0.1, 0.15) is 38.8 Å². The first-order chi connectivity index (χ1) is 7.92. The van der Waals surface area contributed by atoms with Gasteiger partial charge in [0.05, 0.1) is 0 Å². The summed E-state index contributed by atoms with van der Waals surface area (Å²) in [4.78, 5) is 0. The maximum atomic E-state index is 4.00. The summed E-state index contributed by atoms with van der Waals surface area (Å²) in [6.07, 6.45) is 4.39. The van der Waals surface area contributed by atoms with Gasteiger partial charge in [-0.3, -0.25) is 0 Å². The van der Waals surface area contributed by atoms with Crippen LogP contribution in [0.2, 0.25) is 0 Å². The first-order valence-corrected chi connectivity index (χ1v) is 6.15. The minimum absolute atomic E-state index is 0.228.